The standard InChI is InChI=1S/C18H19NO3S/c20-18(7-4-10-23-12-14-5-2-1-3-6-14)19-15-8-9-16-17(11-15)22-13-21-16/h1-3,5-6,8-9,11H,4,7,10,12-13H2,(H,19,20). The Hall–Kier alpha value is -2.14. The molecule has 1 aliphatic rings. The molecular weight excluding hydrogens is 310 g/mol. The molecule has 0 aromatic heterocycles. The molecule has 3 rings (SSSR count). The van der Waals surface area contributed by atoms with Crippen LogP contribution in [0.5, 0.6) is 11.5 Å². The first-order valence-electron chi connectivity index (χ1n) is 7.62. The Kier molecular flexibility index (Phi) is 5.42. The average Bonchev–Trinajstić information content (AvgIpc) is 3.03. The van der Waals surface area contributed by atoms with E-state index in [4.69, 9.17) is 9.47 Å². The minimum absolute atomic E-state index is 0.0316. The lowest BCUT2D eigenvalue weighted by Gasteiger charge is -2.06. The summed E-state index contributed by atoms with van der Waals surface area (Å²) >= 11 is 1.85. The number of benzene rings is 2. The van der Waals surface area contributed by atoms with Crippen LogP contribution in [0.15, 0.2) is 48.5 Å². The Morgan fingerprint density at radius 2 is 1.91 bits per heavy atom. The number of hydrogen-bond donors (Lipinski definition) is 1. The van der Waals surface area contributed by atoms with Crippen molar-refractivity contribution < 1.29 is 14.3 Å². The van der Waals surface area contributed by atoms with E-state index < -0.39 is 0 Å². The summed E-state index contributed by atoms with van der Waals surface area (Å²) in [6, 6.07) is 15.8. The van der Waals surface area contributed by atoms with Crippen LogP contribution in [0.25, 0.3) is 0 Å². The topological polar surface area (TPSA) is 47.6 Å². The van der Waals surface area contributed by atoms with Gasteiger partial charge < -0.3 is 14.8 Å². The third-order valence-electron chi connectivity index (χ3n) is 3.46. The van der Waals surface area contributed by atoms with Gasteiger partial charge in [0.1, 0.15) is 0 Å². The zero-order valence-corrected chi connectivity index (χ0v) is 13.6. The number of carbonyl (C=O) groups excluding carboxylic acids is 1. The van der Waals surface area contributed by atoms with E-state index >= 15 is 0 Å². The molecule has 0 radical (unpaired) electrons. The first-order chi connectivity index (χ1) is 11.3. The molecule has 0 aliphatic carbocycles. The molecule has 4 nitrogen and oxygen atoms in total. The number of thioether (sulfide) groups is 1. The summed E-state index contributed by atoms with van der Waals surface area (Å²) in [6.07, 6.45) is 1.39. The lowest BCUT2D eigenvalue weighted by Crippen LogP contribution is -2.11. The second-order valence-corrected chi connectivity index (χ2v) is 6.36. The van der Waals surface area contributed by atoms with Gasteiger partial charge in [-0.3, -0.25) is 4.79 Å². The summed E-state index contributed by atoms with van der Waals surface area (Å²) < 4.78 is 10.5. The van der Waals surface area contributed by atoms with Crippen LogP contribution in [0, 0.1) is 0 Å². The predicted molar refractivity (Wildman–Crippen MR) is 93.0 cm³/mol. The van der Waals surface area contributed by atoms with Crippen LogP contribution in [0.2, 0.25) is 0 Å². The fraction of sp³-hybridized carbons (Fsp3) is 0.278. The van der Waals surface area contributed by atoms with Crippen LogP contribution in [0.4, 0.5) is 5.69 Å². The maximum absolute atomic E-state index is 12.0. The fourth-order valence-corrected chi connectivity index (χ4v) is 3.22. The minimum atomic E-state index is 0.0316. The van der Waals surface area contributed by atoms with Crippen LogP contribution in [0.1, 0.15) is 18.4 Å². The Bertz CT molecular complexity index is 661. The molecule has 0 spiro atoms. The smallest absolute Gasteiger partial charge is 0.231 e. The van der Waals surface area contributed by atoms with E-state index in [0.717, 1.165) is 29.4 Å². The average molecular weight is 329 g/mol. The van der Waals surface area contributed by atoms with Crippen LogP contribution >= 0.6 is 11.8 Å². The maximum Gasteiger partial charge on any atom is 0.231 e. The molecule has 1 heterocycles. The van der Waals surface area contributed by atoms with Crippen molar-refractivity contribution in [2.24, 2.45) is 0 Å². The van der Waals surface area contributed by atoms with Crippen LogP contribution < -0.4 is 14.8 Å². The first-order valence-corrected chi connectivity index (χ1v) is 8.78. The van der Waals surface area contributed by atoms with Gasteiger partial charge in [-0.15, -0.1) is 0 Å². The lowest BCUT2D eigenvalue weighted by molar-refractivity contribution is -0.116. The van der Waals surface area contributed by atoms with E-state index in [0.29, 0.717) is 12.2 Å². The van der Waals surface area contributed by atoms with Gasteiger partial charge >= 0.3 is 0 Å². The second-order valence-electron chi connectivity index (χ2n) is 5.26. The van der Waals surface area contributed by atoms with Crippen molar-refractivity contribution in [1.29, 1.82) is 0 Å². The Balaban J connectivity index is 1.35. The summed E-state index contributed by atoms with van der Waals surface area (Å²) in [5, 5.41) is 2.90. The number of hydrogen-bond acceptors (Lipinski definition) is 4. The normalized spacial score (nSPS) is 12.2. The first kappa shape index (κ1) is 15.7. The molecule has 23 heavy (non-hydrogen) atoms. The van der Waals surface area contributed by atoms with Crippen LogP contribution in [0.3, 0.4) is 0 Å². The molecular formula is C18H19NO3S. The van der Waals surface area contributed by atoms with Crippen LogP contribution in [-0.2, 0) is 10.5 Å². The number of nitrogens with one attached hydrogen (secondary N) is 1. The Morgan fingerprint density at radius 1 is 1.09 bits per heavy atom. The summed E-state index contributed by atoms with van der Waals surface area (Å²) in [7, 11) is 0. The highest BCUT2D eigenvalue weighted by atomic mass is 32.2. The highest BCUT2D eigenvalue weighted by molar-refractivity contribution is 7.98. The van der Waals surface area contributed by atoms with E-state index in [-0.39, 0.29) is 12.7 Å². The molecule has 2 aromatic carbocycles. The Morgan fingerprint density at radius 3 is 2.78 bits per heavy atom. The van der Waals surface area contributed by atoms with Gasteiger partial charge in [-0.05, 0) is 29.9 Å². The third-order valence-corrected chi connectivity index (χ3v) is 4.58. The number of carbonyl (C=O) groups is 1. The number of fused-ring (bicyclic) bond motifs is 1. The van der Waals surface area contributed by atoms with E-state index in [2.05, 4.69) is 29.6 Å². The Labute approximate surface area is 140 Å². The molecule has 5 heteroatoms. The molecule has 0 fully saturated rings. The summed E-state index contributed by atoms with van der Waals surface area (Å²) in [5.74, 6) is 3.40. The number of rotatable bonds is 7. The molecule has 0 bridgehead atoms. The van der Waals surface area contributed by atoms with Gasteiger partial charge in [-0.25, -0.2) is 0 Å². The molecule has 1 aliphatic heterocycles. The minimum Gasteiger partial charge on any atom is -0.454 e. The zero-order chi connectivity index (χ0) is 15.9. The van der Waals surface area contributed by atoms with E-state index in [1.54, 1.807) is 6.07 Å². The number of amides is 1. The van der Waals surface area contributed by atoms with Gasteiger partial charge in [0.15, 0.2) is 11.5 Å². The molecule has 1 N–H and O–H groups in total. The van der Waals surface area contributed by atoms with Crippen molar-refractivity contribution in [1.82, 2.24) is 0 Å². The number of anilines is 1. The summed E-state index contributed by atoms with van der Waals surface area (Å²) in [6.45, 7) is 0.241. The molecule has 1 amide bonds. The highest BCUT2D eigenvalue weighted by Crippen LogP contribution is 2.34. The van der Waals surface area contributed by atoms with Gasteiger partial charge in [-0.2, -0.15) is 11.8 Å². The largest absolute Gasteiger partial charge is 0.454 e. The summed E-state index contributed by atoms with van der Waals surface area (Å²) in [5.41, 5.74) is 2.07. The third kappa shape index (κ3) is 4.66. The quantitative estimate of drug-likeness (QED) is 0.778. The van der Waals surface area contributed by atoms with Crippen molar-refractivity contribution in [2.45, 2.75) is 18.6 Å². The molecule has 2 aromatic rings. The molecule has 120 valence electrons. The molecule has 0 saturated carbocycles. The molecule has 0 unspecified atom stereocenters. The van der Waals surface area contributed by atoms with Crippen molar-refractivity contribution >= 4 is 23.4 Å². The maximum atomic E-state index is 12.0. The van der Waals surface area contributed by atoms with E-state index in [1.165, 1.54) is 5.56 Å². The van der Waals surface area contributed by atoms with Crippen molar-refractivity contribution in [3.05, 3.63) is 54.1 Å². The van der Waals surface area contributed by atoms with E-state index in [9.17, 15) is 4.79 Å². The van der Waals surface area contributed by atoms with Gasteiger partial charge in [0.2, 0.25) is 12.7 Å². The molecule has 0 saturated heterocycles. The zero-order valence-electron chi connectivity index (χ0n) is 12.8. The fourth-order valence-electron chi connectivity index (χ4n) is 2.30. The van der Waals surface area contributed by atoms with Gasteiger partial charge in [0, 0.05) is 23.9 Å². The highest BCUT2D eigenvalue weighted by Gasteiger charge is 2.13. The monoisotopic (exact) mass is 329 g/mol. The lowest BCUT2D eigenvalue weighted by atomic mass is 10.2. The van der Waals surface area contributed by atoms with Gasteiger partial charge in [0.25, 0.3) is 0 Å². The SMILES string of the molecule is O=C(CCCSCc1ccccc1)Nc1ccc2c(c1)OCO2. The summed E-state index contributed by atoms with van der Waals surface area (Å²) in [4.78, 5) is 12.0. The predicted octanol–water partition coefficient (Wildman–Crippen LogP) is 4.07. The van der Waals surface area contributed by atoms with Crippen molar-refractivity contribution in [3.63, 3.8) is 0 Å². The van der Waals surface area contributed by atoms with Gasteiger partial charge in [0.05, 0.1) is 0 Å². The van der Waals surface area contributed by atoms with E-state index in [1.807, 2.05) is 30.0 Å². The second kappa shape index (κ2) is 7.92. The molecule has 0 atom stereocenters. The van der Waals surface area contributed by atoms with Crippen molar-refractivity contribution in [2.75, 3.05) is 17.9 Å². The van der Waals surface area contributed by atoms with Crippen LogP contribution in [-0.4, -0.2) is 18.5 Å². The number of ether oxygens (including phenoxy) is 2. The van der Waals surface area contributed by atoms with Crippen molar-refractivity contribution in [3.8, 4) is 11.5 Å². The van der Waals surface area contributed by atoms with Gasteiger partial charge in [-0.1, -0.05) is 30.3 Å².